The van der Waals surface area contributed by atoms with E-state index in [0.29, 0.717) is 0 Å². The highest BCUT2D eigenvalue weighted by molar-refractivity contribution is 8.00. The molecule has 1 amide bonds. The number of benzene rings is 2. The quantitative estimate of drug-likeness (QED) is 0.667. The Morgan fingerprint density at radius 1 is 1.05 bits per heavy atom. The van der Waals surface area contributed by atoms with Gasteiger partial charge < -0.3 is 5.32 Å². The molecule has 0 saturated carbocycles. The zero-order valence-corrected chi connectivity index (χ0v) is 12.2. The van der Waals surface area contributed by atoms with Crippen LogP contribution in [0.4, 0.5) is 23.2 Å². The van der Waals surface area contributed by atoms with E-state index in [1.807, 2.05) is 0 Å². The van der Waals surface area contributed by atoms with Crippen LogP contribution in [0, 0.1) is 23.3 Å². The Morgan fingerprint density at radius 2 is 1.68 bits per heavy atom. The van der Waals surface area contributed by atoms with Gasteiger partial charge in [0.25, 0.3) is 0 Å². The molecule has 0 radical (unpaired) electrons. The molecule has 2 nitrogen and oxygen atoms in total. The third-order valence-corrected chi connectivity index (χ3v) is 3.91. The van der Waals surface area contributed by atoms with Gasteiger partial charge in [0.15, 0.2) is 0 Å². The second-order valence-corrected chi connectivity index (χ2v) is 5.80. The number of carbonyl (C=O) groups excluding carboxylic acids is 1. The Labute approximate surface area is 128 Å². The van der Waals surface area contributed by atoms with Crippen molar-refractivity contribution in [3.63, 3.8) is 0 Å². The van der Waals surface area contributed by atoms with Gasteiger partial charge >= 0.3 is 0 Å². The van der Waals surface area contributed by atoms with Gasteiger partial charge in [-0.1, -0.05) is 6.07 Å². The normalized spacial score (nSPS) is 12.0. The lowest BCUT2D eigenvalue weighted by Gasteiger charge is -2.13. The van der Waals surface area contributed by atoms with Crippen molar-refractivity contribution in [1.29, 1.82) is 0 Å². The third kappa shape index (κ3) is 3.79. The van der Waals surface area contributed by atoms with E-state index in [-0.39, 0.29) is 4.90 Å². The van der Waals surface area contributed by atoms with E-state index in [4.69, 9.17) is 0 Å². The van der Waals surface area contributed by atoms with Crippen LogP contribution in [-0.2, 0) is 4.79 Å². The van der Waals surface area contributed by atoms with Crippen molar-refractivity contribution in [2.75, 3.05) is 5.32 Å². The molecule has 0 aliphatic rings. The summed E-state index contributed by atoms with van der Waals surface area (Å²) in [4.78, 5) is 11.9. The number of amides is 1. The number of hydrogen-bond acceptors (Lipinski definition) is 2. The summed E-state index contributed by atoms with van der Waals surface area (Å²) >= 11 is 0.751. The van der Waals surface area contributed by atoms with Crippen molar-refractivity contribution < 1.29 is 22.4 Å². The first-order chi connectivity index (χ1) is 10.4. The van der Waals surface area contributed by atoms with Crippen molar-refractivity contribution in [2.24, 2.45) is 0 Å². The van der Waals surface area contributed by atoms with Crippen molar-refractivity contribution in [2.45, 2.75) is 17.1 Å². The van der Waals surface area contributed by atoms with Gasteiger partial charge in [0.05, 0.1) is 5.25 Å². The summed E-state index contributed by atoms with van der Waals surface area (Å²) in [6, 6.07) is 6.03. The molecule has 0 fully saturated rings. The molecule has 0 aromatic heterocycles. The van der Waals surface area contributed by atoms with E-state index >= 15 is 0 Å². The van der Waals surface area contributed by atoms with E-state index in [2.05, 4.69) is 5.32 Å². The van der Waals surface area contributed by atoms with Gasteiger partial charge in [-0.3, -0.25) is 4.79 Å². The van der Waals surface area contributed by atoms with Gasteiger partial charge in [0.1, 0.15) is 29.0 Å². The smallest absolute Gasteiger partial charge is 0.237 e. The maximum Gasteiger partial charge on any atom is 0.237 e. The molecule has 116 valence electrons. The molecule has 1 N–H and O–H groups in total. The number of carbonyl (C=O) groups is 1. The molecule has 2 aromatic carbocycles. The summed E-state index contributed by atoms with van der Waals surface area (Å²) in [6.45, 7) is 1.42. The fraction of sp³-hybridized carbons (Fsp3) is 0.133. The summed E-state index contributed by atoms with van der Waals surface area (Å²) < 4.78 is 53.5. The standard InChI is InChI=1S/C15H11F4NOS/c1-8(22-13-7-9(16)5-6-10(13)17)15(21)20-14-11(18)3-2-4-12(14)19/h2-8H,1H3,(H,20,21)/t8-/m0/s1. The van der Waals surface area contributed by atoms with Crippen molar-refractivity contribution in [3.05, 3.63) is 59.7 Å². The summed E-state index contributed by atoms with van der Waals surface area (Å²) in [5.74, 6) is -3.87. The second-order valence-electron chi connectivity index (χ2n) is 4.42. The van der Waals surface area contributed by atoms with Crippen LogP contribution < -0.4 is 5.32 Å². The average Bonchev–Trinajstić information content (AvgIpc) is 2.46. The lowest BCUT2D eigenvalue weighted by molar-refractivity contribution is -0.115. The Kier molecular flexibility index (Phi) is 5.07. The van der Waals surface area contributed by atoms with E-state index in [0.717, 1.165) is 42.1 Å². The Bertz CT molecular complexity index is 688. The van der Waals surface area contributed by atoms with Crippen molar-refractivity contribution >= 4 is 23.4 Å². The summed E-state index contributed by atoms with van der Waals surface area (Å²) in [5, 5.41) is 1.23. The first-order valence-corrected chi connectivity index (χ1v) is 7.13. The lowest BCUT2D eigenvalue weighted by Crippen LogP contribution is -2.23. The van der Waals surface area contributed by atoms with E-state index in [9.17, 15) is 22.4 Å². The van der Waals surface area contributed by atoms with Crippen LogP contribution in [0.25, 0.3) is 0 Å². The number of thioether (sulfide) groups is 1. The number of para-hydroxylation sites is 1. The molecular weight excluding hydrogens is 318 g/mol. The summed E-state index contributed by atoms with van der Waals surface area (Å²) in [5.41, 5.74) is -0.570. The predicted octanol–water partition coefficient (Wildman–Crippen LogP) is 4.36. The molecule has 0 heterocycles. The molecule has 7 heteroatoms. The minimum Gasteiger partial charge on any atom is -0.320 e. The number of nitrogens with one attached hydrogen (secondary N) is 1. The minimum absolute atomic E-state index is 0.0587. The average molecular weight is 329 g/mol. The Hall–Kier alpha value is -2.02. The predicted molar refractivity (Wildman–Crippen MR) is 76.7 cm³/mol. The van der Waals surface area contributed by atoms with Crippen LogP contribution in [-0.4, -0.2) is 11.2 Å². The van der Waals surface area contributed by atoms with Gasteiger partial charge in [-0.05, 0) is 37.3 Å². The molecule has 22 heavy (non-hydrogen) atoms. The van der Waals surface area contributed by atoms with Gasteiger partial charge in [-0.15, -0.1) is 11.8 Å². The molecule has 0 aliphatic carbocycles. The molecule has 0 aliphatic heterocycles. The zero-order valence-electron chi connectivity index (χ0n) is 11.4. The first kappa shape index (κ1) is 16.4. The van der Waals surface area contributed by atoms with Crippen LogP contribution in [0.1, 0.15) is 6.92 Å². The van der Waals surface area contributed by atoms with Crippen molar-refractivity contribution in [3.8, 4) is 0 Å². The Balaban J connectivity index is 2.11. The molecule has 2 rings (SSSR count). The van der Waals surface area contributed by atoms with Gasteiger partial charge in [0.2, 0.25) is 5.91 Å². The molecule has 0 bridgehead atoms. The molecule has 0 saturated heterocycles. The number of rotatable bonds is 4. The zero-order chi connectivity index (χ0) is 16.3. The lowest BCUT2D eigenvalue weighted by atomic mass is 10.3. The van der Waals surface area contributed by atoms with Gasteiger partial charge in [-0.2, -0.15) is 0 Å². The number of hydrogen-bond donors (Lipinski definition) is 1. The highest BCUT2D eigenvalue weighted by Crippen LogP contribution is 2.28. The molecule has 1 atom stereocenters. The third-order valence-electron chi connectivity index (χ3n) is 2.78. The van der Waals surface area contributed by atoms with Crippen LogP contribution >= 0.6 is 11.8 Å². The van der Waals surface area contributed by atoms with E-state index < -0.39 is 40.1 Å². The van der Waals surface area contributed by atoms with Crippen LogP contribution in [0.15, 0.2) is 41.3 Å². The topological polar surface area (TPSA) is 29.1 Å². The van der Waals surface area contributed by atoms with Gasteiger partial charge in [-0.25, -0.2) is 17.6 Å². The largest absolute Gasteiger partial charge is 0.320 e. The van der Waals surface area contributed by atoms with Crippen LogP contribution in [0.3, 0.4) is 0 Å². The number of anilines is 1. The molecular formula is C15H11F4NOS. The second kappa shape index (κ2) is 6.83. The highest BCUT2D eigenvalue weighted by Gasteiger charge is 2.20. The SMILES string of the molecule is C[C@H](Sc1cc(F)ccc1F)C(=O)Nc1c(F)cccc1F. The highest BCUT2D eigenvalue weighted by atomic mass is 32.2. The van der Waals surface area contributed by atoms with E-state index in [1.54, 1.807) is 0 Å². The molecule has 2 aromatic rings. The van der Waals surface area contributed by atoms with Crippen LogP contribution in [0.5, 0.6) is 0 Å². The molecule has 0 spiro atoms. The summed E-state index contributed by atoms with van der Waals surface area (Å²) in [7, 11) is 0. The number of halogens is 4. The fourth-order valence-electron chi connectivity index (χ4n) is 1.65. The van der Waals surface area contributed by atoms with Crippen LogP contribution in [0.2, 0.25) is 0 Å². The van der Waals surface area contributed by atoms with E-state index in [1.165, 1.54) is 13.0 Å². The fourth-order valence-corrected chi connectivity index (χ4v) is 2.56. The summed E-state index contributed by atoms with van der Waals surface area (Å²) in [6.07, 6.45) is 0. The van der Waals surface area contributed by atoms with Gasteiger partial charge in [0, 0.05) is 4.90 Å². The minimum atomic E-state index is -0.914. The maximum absolute atomic E-state index is 13.5. The van der Waals surface area contributed by atoms with Crippen molar-refractivity contribution in [1.82, 2.24) is 0 Å². The maximum atomic E-state index is 13.5. The Morgan fingerprint density at radius 3 is 2.32 bits per heavy atom. The monoisotopic (exact) mass is 329 g/mol. The first-order valence-electron chi connectivity index (χ1n) is 6.25. The molecule has 0 unspecified atom stereocenters.